The summed E-state index contributed by atoms with van der Waals surface area (Å²) in [5, 5.41) is 8.32. The highest BCUT2D eigenvalue weighted by molar-refractivity contribution is 6.13. The predicted molar refractivity (Wildman–Crippen MR) is 36.5 cm³/mol. The SMILES string of the molecule is CCOC(=O)C(=CN)C(=O)O. The fraction of sp³-hybridized carbons (Fsp3) is 0.333. The highest BCUT2D eigenvalue weighted by Crippen LogP contribution is 1.95. The summed E-state index contributed by atoms with van der Waals surface area (Å²) in [6.45, 7) is 1.71. The molecule has 5 nitrogen and oxygen atoms in total. The van der Waals surface area contributed by atoms with E-state index in [1.807, 2.05) is 0 Å². The van der Waals surface area contributed by atoms with Crippen molar-refractivity contribution >= 4 is 11.9 Å². The van der Waals surface area contributed by atoms with Gasteiger partial charge in [-0.05, 0) is 6.92 Å². The van der Waals surface area contributed by atoms with Crippen LogP contribution in [0.2, 0.25) is 0 Å². The average Bonchev–Trinajstić information content (AvgIpc) is 1.88. The Hall–Kier alpha value is -1.52. The molecular formula is C6H9NO4. The Labute approximate surface area is 63.4 Å². The van der Waals surface area contributed by atoms with Crippen molar-refractivity contribution in [1.29, 1.82) is 0 Å². The van der Waals surface area contributed by atoms with E-state index in [-0.39, 0.29) is 6.61 Å². The van der Waals surface area contributed by atoms with Crippen LogP contribution < -0.4 is 5.73 Å². The summed E-state index contributed by atoms with van der Waals surface area (Å²) in [4.78, 5) is 20.9. The van der Waals surface area contributed by atoms with E-state index >= 15 is 0 Å². The summed E-state index contributed by atoms with van der Waals surface area (Å²) in [5.74, 6) is -2.30. The smallest absolute Gasteiger partial charge is 0.347 e. The number of carbonyl (C=O) groups is 2. The van der Waals surface area contributed by atoms with Gasteiger partial charge in [0.05, 0.1) is 6.61 Å². The zero-order valence-electron chi connectivity index (χ0n) is 6.03. The fourth-order valence-electron chi connectivity index (χ4n) is 0.435. The predicted octanol–water partition coefficient (Wildman–Crippen LogP) is -0.523. The number of carbonyl (C=O) groups excluding carboxylic acids is 1. The first-order chi connectivity index (χ1) is 5.13. The molecule has 5 heteroatoms. The summed E-state index contributed by atoms with van der Waals surface area (Å²) < 4.78 is 4.39. The van der Waals surface area contributed by atoms with Gasteiger partial charge in [-0.15, -0.1) is 0 Å². The molecule has 0 aromatic heterocycles. The zero-order valence-corrected chi connectivity index (χ0v) is 6.03. The molecule has 0 heterocycles. The van der Waals surface area contributed by atoms with E-state index < -0.39 is 17.5 Å². The second-order valence-electron chi connectivity index (χ2n) is 1.61. The quantitative estimate of drug-likeness (QED) is 0.250. The highest BCUT2D eigenvalue weighted by atomic mass is 16.5. The third-order valence-corrected chi connectivity index (χ3v) is 0.892. The molecule has 0 aromatic carbocycles. The molecule has 3 N–H and O–H groups in total. The summed E-state index contributed by atoms with van der Waals surface area (Å²) in [7, 11) is 0. The van der Waals surface area contributed by atoms with Gasteiger partial charge in [-0.3, -0.25) is 0 Å². The maximum absolute atomic E-state index is 10.7. The summed E-state index contributed by atoms with van der Waals surface area (Å²) in [6, 6.07) is 0. The van der Waals surface area contributed by atoms with E-state index in [1.54, 1.807) is 6.92 Å². The molecule has 0 atom stereocenters. The van der Waals surface area contributed by atoms with Crippen LogP contribution in [-0.4, -0.2) is 23.7 Å². The molecule has 0 unspecified atom stereocenters. The van der Waals surface area contributed by atoms with Crippen LogP contribution in [0.3, 0.4) is 0 Å². The van der Waals surface area contributed by atoms with Gasteiger partial charge in [0.2, 0.25) is 0 Å². The lowest BCUT2D eigenvalue weighted by molar-refractivity contribution is -0.143. The molecule has 0 fully saturated rings. The van der Waals surface area contributed by atoms with Crippen molar-refractivity contribution < 1.29 is 19.4 Å². The van der Waals surface area contributed by atoms with Crippen LogP contribution in [-0.2, 0) is 14.3 Å². The lowest BCUT2D eigenvalue weighted by atomic mass is 10.3. The van der Waals surface area contributed by atoms with Crippen molar-refractivity contribution in [2.75, 3.05) is 6.61 Å². The molecule has 11 heavy (non-hydrogen) atoms. The molecule has 0 bridgehead atoms. The maximum Gasteiger partial charge on any atom is 0.347 e. The Morgan fingerprint density at radius 1 is 1.64 bits per heavy atom. The second-order valence-corrected chi connectivity index (χ2v) is 1.61. The van der Waals surface area contributed by atoms with Crippen molar-refractivity contribution in [3.8, 4) is 0 Å². The maximum atomic E-state index is 10.7. The normalized spacial score (nSPS) is 10.8. The minimum absolute atomic E-state index is 0.128. The van der Waals surface area contributed by atoms with E-state index in [1.165, 1.54) is 0 Å². The van der Waals surface area contributed by atoms with Gasteiger partial charge < -0.3 is 15.6 Å². The molecule has 0 saturated carbocycles. The minimum Gasteiger partial charge on any atom is -0.477 e. The largest absolute Gasteiger partial charge is 0.477 e. The van der Waals surface area contributed by atoms with E-state index in [0.717, 1.165) is 0 Å². The monoisotopic (exact) mass is 159 g/mol. The first-order valence-corrected chi connectivity index (χ1v) is 2.95. The van der Waals surface area contributed by atoms with Crippen molar-refractivity contribution in [3.63, 3.8) is 0 Å². The van der Waals surface area contributed by atoms with Crippen LogP contribution in [0.25, 0.3) is 0 Å². The molecule has 0 aromatic rings. The van der Waals surface area contributed by atoms with Crippen LogP contribution in [0.5, 0.6) is 0 Å². The molecule has 0 aliphatic carbocycles. The van der Waals surface area contributed by atoms with Gasteiger partial charge in [0.15, 0.2) is 5.57 Å². The number of carboxylic acids is 1. The van der Waals surface area contributed by atoms with Crippen molar-refractivity contribution in [2.24, 2.45) is 5.73 Å². The van der Waals surface area contributed by atoms with Crippen LogP contribution in [0, 0.1) is 0 Å². The minimum atomic E-state index is -1.38. The van der Waals surface area contributed by atoms with Gasteiger partial charge >= 0.3 is 11.9 Å². The molecule has 0 radical (unpaired) electrons. The lowest BCUT2D eigenvalue weighted by Crippen LogP contribution is -2.16. The Balaban J connectivity index is 4.29. The Kier molecular flexibility index (Phi) is 3.72. The van der Waals surface area contributed by atoms with Crippen molar-refractivity contribution in [2.45, 2.75) is 6.92 Å². The Morgan fingerprint density at radius 3 is 2.45 bits per heavy atom. The van der Waals surface area contributed by atoms with E-state index in [9.17, 15) is 9.59 Å². The van der Waals surface area contributed by atoms with Crippen molar-refractivity contribution in [1.82, 2.24) is 0 Å². The molecule has 0 spiro atoms. The van der Waals surface area contributed by atoms with Gasteiger partial charge in [-0.1, -0.05) is 0 Å². The summed E-state index contributed by atoms with van der Waals surface area (Å²) >= 11 is 0. The van der Waals surface area contributed by atoms with E-state index in [4.69, 9.17) is 10.8 Å². The van der Waals surface area contributed by atoms with Gasteiger partial charge in [-0.25, -0.2) is 9.59 Å². The number of aliphatic carboxylic acids is 1. The number of rotatable bonds is 3. The zero-order chi connectivity index (χ0) is 8.85. The van der Waals surface area contributed by atoms with Crippen LogP contribution in [0.15, 0.2) is 11.8 Å². The third kappa shape index (κ3) is 2.70. The number of carboxylic acid groups (broad SMARTS) is 1. The standard InChI is InChI=1S/C6H9NO4/c1-2-11-6(10)4(3-7)5(8)9/h3H,2,7H2,1H3,(H,8,9). The number of esters is 1. The molecule has 0 aliphatic heterocycles. The Morgan fingerprint density at radius 2 is 2.18 bits per heavy atom. The third-order valence-electron chi connectivity index (χ3n) is 0.892. The summed E-state index contributed by atoms with van der Waals surface area (Å²) in [5.41, 5.74) is 4.31. The van der Waals surface area contributed by atoms with Crippen LogP contribution in [0.1, 0.15) is 6.92 Å². The van der Waals surface area contributed by atoms with Crippen LogP contribution >= 0.6 is 0 Å². The number of hydrogen-bond donors (Lipinski definition) is 2. The molecular weight excluding hydrogens is 150 g/mol. The van der Waals surface area contributed by atoms with E-state index in [0.29, 0.717) is 6.20 Å². The van der Waals surface area contributed by atoms with Gasteiger partial charge in [0.25, 0.3) is 0 Å². The van der Waals surface area contributed by atoms with Gasteiger partial charge in [-0.2, -0.15) is 0 Å². The second kappa shape index (κ2) is 4.32. The van der Waals surface area contributed by atoms with E-state index in [2.05, 4.69) is 4.74 Å². The van der Waals surface area contributed by atoms with Crippen molar-refractivity contribution in [3.05, 3.63) is 11.8 Å². The van der Waals surface area contributed by atoms with Gasteiger partial charge in [0.1, 0.15) is 0 Å². The van der Waals surface area contributed by atoms with Crippen LogP contribution in [0.4, 0.5) is 0 Å². The lowest BCUT2D eigenvalue weighted by Gasteiger charge is -1.99. The number of nitrogens with two attached hydrogens (primary N) is 1. The first-order valence-electron chi connectivity index (χ1n) is 2.95. The number of ether oxygens (including phenoxy) is 1. The Bertz CT molecular complexity index is 197. The topological polar surface area (TPSA) is 89.6 Å². The molecule has 0 aliphatic rings. The fourth-order valence-corrected chi connectivity index (χ4v) is 0.435. The first kappa shape index (κ1) is 9.48. The summed E-state index contributed by atoms with van der Waals surface area (Å²) in [6.07, 6.45) is 0.709. The average molecular weight is 159 g/mol. The highest BCUT2D eigenvalue weighted by Gasteiger charge is 2.17. The van der Waals surface area contributed by atoms with Gasteiger partial charge in [0, 0.05) is 6.20 Å². The molecule has 62 valence electrons. The number of hydrogen-bond acceptors (Lipinski definition) is 4. The molecule has 0 saturated heterocycles. The molecule has 0 amide bonds. The molecule has 0 rings (SSSR count).